The quantitative estimate of drug-likeness (QED) is 0.863. The van der Waals surface area contributed by atoms with Crippen molar-refractivity contribution in [2.24, 2.45) is 17.6 Å². The van der Waals surface area contributed by atoms with Crippen LogP contribution in [-0.2, 0) is 4.79 Å². The number of rotatable bonds is 5. The standard InChI is InChI=1S/C17H21N5O2/c18-16(23)13-7-5-12(6-8-13)11-19-17(24)14-3-1-2-4-15(14)22-10-9-20-21-22/h1-4,9-10,12-13H,5-8,11H2,(H2,18,23)(H,19,24). The first-order chi connectivity index (χ1) is 11.6. The van der Waals surface area contributed by atoms with Crippen LogP contribution in [0.2, 0.25) is 0 Å². The van der Waals surface area contributed by atoms with Gasteiger partial charge < -0.3 is 11.1 Å². The summed E-state index contributed by atoms with van der Waals surface area (Å²) in [5.41, 5.74) is 6.61. The van der Waals surface area contributed by atoms with Gasteiger partial charge in [0.2, 0.25) is 5.91 Å². The zero-order valence-corrected chi connectivity index (χ0v) is 13.4. The van der Waals surface area contributed by atoms with Crippen molar-refractivity contribution >= 4 is 11.8 Å². The maximum Gasteiger partial charge on any atom is 0.253 e. The number of amides is 2. The Labute approximate surface area is 140 Å². The SMILES string of the molecule is NC(=O)C1CCC(CNC(=O)c2ccccc2-n2ccnn2)CC1. The van der Waals surface area contributed by atoms with Crippen molar-refractivity contribution in [3.8, 4) is 5.69 Å². The van der Waals surface area contributed by atoms with E-state index in [9.17, 15) is 9.59 Å². The molecule has 3 N–H and O–H groups in total. The highest BCUT2D eigenvalue weighted by Crippen LogP contribution is 2.28. The van der Waals surface area contributed by atoms with Crippen LogP contribution >= 0.6 is 0 Å². The fraction of sp³-hybridized carbons (Fsp3) is 0.412. The van der Waals surface area contributed by atoms with Crippen molar-refractivity contribution < 1.29 is 9.59 Å². The van der Waals surface area contributed by atoms with Gasteiger partial charge in [-0.3, -0.25) is 9.59 Å². The largest absolute Gasteiger partial charge is 0.369 e. The van der Waals surface area contributed by atoms with E-state index >= 15 is 0 Å². The van der Waals surface area contributed by atoms with Crippen LogP contribution in [0.5, 0.6) is 0 Å². The molecule has 3 rings (SSSR count). The Bertz CT molecular complexity index is 706. The monoisotopic (exact) mass is 327 g/mol. The highest BCUT2D eigenvalue weighted by atomic mass is 16.2. The minimum Gasteiger partial charge on any atom is -0.369 e. The molecule has 0 unspecified atom stereocenters. The topological polar surface area (TPSA) is 103 Å². The van der Waals surface area contributed by atoms with E-state index in [2.05, 4.69) is 15.6 Å². The fourth-order valence-corrected chi connectivity index (χ4v) is 3.19. The molecule has 0 atom stereocenters. The number of carbonyl (C=O) groups excluding carboxylic acids is 2. The average molecular weight is 327 g/mol. The van der Waals surface area contributed by atoms with Crippen LogP contribution in [0.15, 0.2) is 36.7 Å². The van der Waals surface area contributed by atoms with Crippen molar-refractivity contribution in [1.82, 2.24) is 20.3 Å². The van der Waals surface area contributed by atoms with Gasteiger partial charge >= 0.3 is 0 Å². The van der Waals surface area contributed by atoms with Crippen LogP contribution < -0.4 is 11.1 Å². The fourth-order valence-electron chi connectivity index (χ4n) is 3.19. The Morgan fingerprint density at radius 1 is 1.21 bits per heavy atom. The lowest BCUT2D eigenvalue weighted by molar-refractivity contribution is -0.122. The maximum absolute atomic E-state index is 12.5. The maximum atomic E-state index is 12.5. The number of hydrogen-bond donors (Lipinski definition) is 2. The van der Waals surface area contributed by atoms with Gasteiger partial charge in [-0.1, -0.05) is 17.3 Å². The van der Waals surface area contributed by atoms with Gasteiger partial charge in [0, 0.05) is 12.5 Å². The molecule has 0 spiro atoms. The van der Waals surface area contributed by atoms with E-state index in [1.807, 2.05) is 18.2 Å². The van der Waals surface area contributed by atoms with Crippen LogP contribution in [0, 0.1) is 11.8 Å². The average Bonchev–Trinajstić information content (AvgIpc) is 3.14. The van der Waals surface area contributed by atoms with E-state index in [0.717, 1.165) is 25.7 Å². The second-order valence-corrected chi connectivity index (χ2v) is 6.19. The van der Waals surface area contributed by atoms with Crippen LogP contribution in [0.25, 0.3) is 5.69 Å². The Morgan fingerprint density at radius 3 is 2.62 bits per heavy atom. The lowest BCUT2D eigenvalue weighted by Crippen LogP contribution is -2.34. The van der Waals surface area contributed by atoms with Crippen LogP contribution in [0.3, 0.4) is 0 Å². The Morgan fingerprint density at radius 2 is 1.96 bits per heavy atom. The third-order valence-electron chi connectivity index (χ3n) is 4.62. The molecule has 0 aliphatic heterocycles. The second-order valence-electron chi connectivity index (χ2n) is 6.19. The van der Waals surface area contributed by atoms with Crippen molar-refractivity contribution in [3.05, 3.63) is 42.2 Å². The van der Waals surface area contributed by atoms with Crippen LogP contribution in [-0.4, -0.2) is 33.4 Å². The number of benzene rings is 1. The molecule has 7 heteroatoms. The molecular weight excluding hydrogens is 306 g/mol. The molecule has 2 amide bonds. The van der Waals surface area contributed by atoms with Gasteiger partial charge in [-0.05, 0) is 43.7 Å². The molecule has 1 aromatic heterocycles. The predicted octanol–water partition coefficient (Wildman–Crippen LogP) is 1.29. The van der Waals surface area contributed by atoms with E-state index < -0.39 is 0 Å². The normalized spacial score (nSPS) is 20.5. The minimum absolute atomic E-state index is 0.00927. The lowest BCUT2D eigenvalue weighted by atomic mass is 9.81. The van der Waals surface area contributed by atoms with Gasteiger partial charge in [0.05, 0.1) is 23.6 Å². The van der Waals surface area contributed by atoms with E-state index in [0.29, 0.717) is 23.7 Å². The molecule has 0 bridgehead atoms. The highest BCUT2D eigenvalue weighted by molar-refractivity contribution is 5.97. The third-order valence-corrected chi connectivity index (χ3v) is 4.62. The lowest BCUT2D eigenvalue weighted by Gasteiger charge is -2.26. The summed E-state index contributed by atoms with van der Waals surface area (Å²) in [4.78, 5) is 23.7. The van der Waals surface area contributed by atoms with Gasteiger partial charge in [-0.25, -0.2) is 4.68 Å². The van der Waals surface area contributed by atoms with Crippen molar-refractivity contribution in [1.29, 1.82) is 0 Å². The Balaban J connectivity index is 1.60. The van der Waals surface area contributed by atoms with Crippen molar-refractivity contribution in [2.75, 3.05) is 6.54 Å². The first kappa shape index (κ1) is 16.2. The molecule has 7 nitrogen and oxygen atoms in total. The molecule has 0 saturated heterocycles. The van der Waals surface area contributed by atoms with E-state index in [4.69, 9.17) is 5.73 Å². The number of nitrogens with one attached hydrogen (secondary N) is 1. The second kappa shape index (κ2) is 7.25. The first-order valence-corrected chi connectivity index (χ1v) is 8.18. The third kappa shape index (κ3) is 3.61. The van der Waals surface area contributed by atoms with Gasteiger partial charge in [0.1, 0.15) is 0 Å². The number of primary amides is 1. The molecular formula is C17H21N5O2. The number of hydrogen-bond acceptors (Lipinski definition) is 4. The summed E-state index contributed by atoms with van der Waals surface area (Å²) >= 11 is 0. The molecule has 24 heavy (non-hydrogen) atoms. The molecule has 2 aromatic rings. The summed E-state index contributed by atoms with van der Waals surface area (Å²) in [6, 6.07) is 7.30. The Hall–Kier alpha value is -2.70. The molecule has 1 fully saturated rings. The first-order valence-electron chi connectivity index (χ1n) is 8.18. The zero-order chi connectivity index (χ0) is 16.9. The smallest absolute Gasteiger partial charge is 0.253 e. The van der Waals surface area contributed by atoms with Gasteiger partial charge in [0.25, 0.3) is 5.91 Å². The van der Waals surface area contributed by atoms with Gasteiger partial charge in [0.15, 0.2) is 0 Å². The predicted molar refractivity (Wildman–Crippen MR) is 88.3 cm³/mol. The summed E-state index contributed by atoms with van der Waals surface area (Å²) < 4.78 is 1.58. The molecule has 1 heterocycles. The summed E-state index contributed by atoms with van der Waals surface area (Å²) in [5, 5.41) is 10.7. The number of aromatic nitrogens is 3. The summed E-state index contributed by atoms with van der Waals surface area (Å²) in [7, 11) is 0. The van der Waals surface area contributed by atoms with Crippen LogP contribution in [0.1, 0.15) is 36.0 Å². The summed E-state index contributed by atoms with van der Waals surface area (Å²) in [5.74, 6) is 0.0467. The number of nitrogens with two attached hydrogens (primary N) is 1. The van der Waals surface area contributed by atoms with E-state index in [-0.39, 0.29) is 17.7 Å². The molecule has 1 aliphatic carbocycles. The molecule has 0 radical (unpaired) electrons. The van der Waals surface area contributed by atoms with E-state index in [1.165, 1.54) is 0 Å². The molecule has 1 saturated carbocycles. The highest BCUT2D eigenvalue weighted by Gasteiger charge is 2.25. The molecule has 1 aromatic carbocycles. The van der Waals surface area contributed by atoms with Crippen LogP contribution in [0.4, 0.5) is 0 Å². The zero-order valence-electron chi connectivity index (χ0n) is 13.4. The number of carbonyl (C=O) groups is 2. The number of nitrogens with zero attached hydrogens (tertiary/aromatic N) is 3. The summed E-state index contributed by atoms with van der Waals surface area (Å²) in [6.45, 7) is 0.607. The van der Waals surface area contributed by atoms with Gasteiger partial charge in [-0.2, -0.15) is 0 Å². The van der Waals surface area contributed by atoms with Crippen molar-refractivity contribution in [2.45, 2.75) is 25.7 Å². The minimum atomic E-state index is -0.209. The number of para-hydroxylation sites is 1. The molecule has 1 aliphatic rings. The Kier molecular flexibility index (Phi) is 4.88. The van der Waals surface area contributed by atoms with Gasteiger partial charge in [-0.15, -0.1) is 5.10 Å². The molecule has 126 valence electrons. The van der Waals surface area contributed by atoms with E-state index in [1.54, 1.807) is 23.1 Å². The van der Waals surface area contributed by atoms with Crippen molar-refractivity contribution in [3.63, 3.8) is 0 Å². The summed E-state index contributed by atoms with van der Waals surface area (Å²) in [6.07, 6.45) is 6.73.